The Balaban J connectivity index is 0. The van der Waals surface area contributed by atoms with Crippen LogP contribution in [0.1, 0.15) is 0 Å². The predicted octanol–water partition coefficient (Wildman–Crippen LogP) is -1.54. The van der Waals surface area contributed by atoms with Crippen molar-refractivity contribution in [2.45, 2.75) is 0 Å². The van der Waals surface area contributed by atoms with Crippen LogP contribution in [0.4, 0.5) is 0 Å². The van der Waals surface area contributed by atoms with E-state index in [1.807, 2.05) is 0 Å². The molecule has 0 spiro atoms. The van der Waals surface area contributed by atoms with Gasteiger partial charge in [0.05, 0.1) is 13.1 Å². The van der Waals surface area contributed by atoms with E-state index in [-0.39, 0.29) is 17.1 Å². The summed E-state index contributed by atoms with van der Waals surface area (Å²) in [5, 5.41) is 9.61. The number of carboxylic acids is 1. The predicted molar refractivity (Wildman–Crippen MR) is 26.2 cm³/mol. The minimum atomic E-state index is -1.42. The Bertz CT molecular complexity index is 152. The third kappa shape index (κ3) is 7.20. The van der Waals surface area contributed by atoms with Gasteiger partial charge in [-0.3, -0.25) is 0 Å². The number of ether oxygens (including phenoxy) is 1. The molecule has 0 amide bonds. The van der Waals surface area contributed by atoms with E-state index in [0.717, 1.165) is 13.2 Å². The van der Waals surface area contributed by atoms with Gasteiger partial charge in [-0.25, -0.2) is 4.79 Å². The van der Waals surface area contributed by atoms with Crippen LogP contribution in [0, 0.1) is 0 Å². The van der Waals surface area contributed by atoms with Gasteiger partial charge < -0.3 is 14.6 Å². The number of hydrogen-bond acceptors (Lipinski definition) is 4. The Labute approximate surface area is 68.3 Å². The van der Waals surface area contributed by atoms with E-state index < -0.39 is 11.9 Å². The maximum Gasteiger partial charge on any atom is 2.00 e. The summed E-state index contributed by atoms with van der Waals surface area (Å²) in [5.41, 5.74) is 0. The standard InChI is InChI=1S/C5H6O4.Fe/c1-9-5(8)3-2-4(6)7;/h2-3H,1H3,(H,6,7);/q;+2/p-1/b3-2+;. The fourth-order valence-corrected chi connectivity index (χ4v) is 0.204. The summed E-state index contributed by atoms with van der Waals surface area (Å²) < 4.78 is 4.08. The van der Waals surface area contributed by atoms with Gasteiger partial charge in [0.1, 0.15) is 0 Å². The first-order valence-electron chi connectivity index (χ1n) is 2.14. The van der Waals surface area contributed by atoms with Crippen LogP contribution in [0.15, 0.2) is 12.2 Å². The van der Waals surface area contributed by atoms with Gasteiger partial charge in [0, 0.05) is 6.08 Å². The van der Waals surface area contributed by atoms with Crippen LogP contribution in [-0.4, -0.2) is 19.0 Å². The Morgan fingerprint density at radius 3 is 2.20 bits per heavy atom. The molecule has 0 bridgehead atoms. The monoisotopic (exact) mass is 185 g/mol. The van der Waals surface area contributed by atoms with Gasteiger partial charge in [0.15, 0.2) is 0 Å². The zero-order valence-electron chi connectivity index (χ0n) is 5.14. The van der Waals surface area contributed by atoms with Gasteiger partial charge in [-0.05, 0) is 6.08 Å². The van der Waals surface area contributed by atoms with Crippen LogP contribution >= 0.6 is 0 Å². The SMILES string of the molecule is COC(=O)/C=C/C(=O)[O-].[Fe+2]. The van der Waals surface area contributed by atoms with Crippen molar-refractivity contribution in [3.63, 3.8) is 0 Å². The van der Waals surface area contributed by atoms with Gasteiger partial charge in [-0.2, -0.15) is 0 Å². The topological polar surface area (TPSA) is 66.4 Å². The number of rotatable bonds is 2. The maximum absolute atomic E-state index is 10.1. The summed E-state index contributed by atoms with van der Waals surface area (Å²) in [6.07, 6.45) is 1.38. The first-order chi connectivity index (χ1) is 4.16. The van der Waals surface area contributed by atoms with E-state index >= 15 is 0 Å². The zero-order chi connectivity index (χ0) is 7.28. The van der Waals surface area contributed by atoms with Crippen molar-refractivity contribution in [2.75, 3.05) is 7.11 Å². The summed E-state index contributed by atoms with van der Waals surface area (Å²) in [5.74, 6) is -2.13. The third-order valence-corrected chi connectivity index (χ3v) is 0.557. The summed E-state index contributed by atoms with van der Waals surface area (Å²) in [6.45, 7) is 0. The van der Waals surface area contributed by atoms with Crippen LogP contribution in [0.2, 0.25) is 0 Å². The number of esters is 1. The minimum absolute atomic E-state index is 0. The van der Waals surface area contributed by atoms with Crippen molar-refractivity contribution >= 4 is 11.9 Å². The fraction of sp³-hybridized carbons (Fsp3) is 0.200. The van der Waals surface area contributed by atoms with Gasteiger partial charge in [0.25, 0.3) is 0 Å². The molecule has 0 N–H and O–H groups in total. The molecule has 0 aromatic rings. The second-order valence-electron chi connectivity index (χ2n) is 1.18. The molecule has 0 aromatic heterocycles. The number of hydrogen-bond donors (Lipinski definition) is 0. The van der Waals surface area contributed by atoms with Crippen molar-refractivity contribution in [2.24, 2.45) is 0 Å². The molecule has 0 saturated carbocycles. The average Bonchev–Trinajstić information content (AvgIpc) is 1.83. The first-order valence-corrected chi connectivity index (χ1v) is 2.14. The molecule has 0 rings (SSSR count). The molecule has 4 nitrogen and oxygen atoms in total. The molecule has 0 radical (unpaired) electrons. The number of aliphatic carboxylic acids is 1. The number of methoxy groups -OCH3 is 1. The molecule has 0 aliphatic heterocycles. The third-order valence-electron chi connectivity index (χ3n) is 0.557. The van der Waals surface area contributed by atoms with E-state index in [1.54, 1.807) is 0 Å². The Morgan fingerprint density at radius 1 is 1.40 bits per heavy atom. The van der Waals surface area contributed by atoms with Crippen LogP contribution in [0.5, 0.6) is 0 Å². The molecule has 56 valence electrons. The first kappa shape index (κ1) is 11.9. The zero-order valence-corrected chi connectivity index (χ0v) is 6.25. The maximum atomic E-state index is 10.1. The second kappa shape index (κ2) is 6.32. The van der Waals surface area contributed by atoms with Gasteiger partial charge >= 0.3 is 23.0 Å². The molecular weight excluding hydrogens is 180 g/mol. The van der Waals surface area contributed by atoms with Gasteiger partial charge in [0.2, 0.25) is 0 Å². The molecule has 5 heteroatoms. The number of carboxylic acid groups (broad SMARTS) is 1. The molecule has 0 heterocycles. The molecule has 0 fully saturated rings. The summed E-state index contributed by atoms with van der Waals surface area (Å²) in [6, 6.07) is 0. The van der Waals surface area contributed by atoms with Crippen LogP contribution in [0.25, 0.3) is 0 Å². The summed E-state index contributed by atoms with van der Waals surface area (Å²) in [4.78, 5) is 19.7. The molecule has 0 saturated heterocycles. The van der Waals surface area contributed by atoms with Crippen molar-refractivity contribution in [3.05, 3.63) is 12.2 Å². The molecule has 0 aromatic carbocycles. The van der Waals surface area contributed by atoms with E-state index in [2.05, 4.69) is 4.74 Å². The van der Waals surface area contributed by atoms with Gasteiger partial charge in [-0.1, -0.05) is 0 Å². The van der Waals surface area contributed by atoms with E-state index in [0.29, 0.717) is 6.08 Å². The van der Waals surface area contributed by atoms with Crippen LogP contribution in [0.3, 0.4) is 0 Å². The largest absolute Gasteiger partial charge is 2.00 e. The summed E-state index contributed by atoms with van der Waals surface area (Å²) in [7, 11) is 1.15. The van der Waals surface area contributed by atoms with Crippen molar-refractivity contribution in [1.82, 2.24) is 0 Å². The molecule has 0 atom stereocenters. The summed E-state index contributed by atoms with van der Waals surface area (Å²) >= 11 is 0. The molecule has 0 aliphatic rings. The average molecular weight is 185 g/mol. The molecular formula is C5H5FeO4+. The minimum Gasteiger partial charge on any atom is -0.545 e. The van der Waals surface area contributed by atoms with Crippen LogP contribution in [-0.2, 0) is 31.4 Å². The number of carbonyl (C=O) groups excluding carboxylic acids is 2. The Kier molecular flexibility index (Phi) is 7.54. The molecule has 0 unspecified atom stereocenters. The van der Waals surface area contributed by atoms with Crippen molar-refractivity contribution < 1.29 is 36.5 Å². The quantitative estimate of drug-likeness (QED) is 0.297. The van der Waals surface area contributed by atoms with Crippen molar-refractivity contribution in [1.29, 1.82) is 0 Å². The fourth-order valence-electron chi connectivity index (χ4n) is 0.204. The normalized spacial score (nSPS) is 8.50. The number of carbonyl (C=O) groups is 2. The van der Waals surface area contributed by atoms with Gasteiger partial charge in [-0.15, -0.1) is 0 Å². The Morgan fingerprint density at radius 2 is 1.90 bits per heavy atom. The smallest absolute Gasteiger partial charge is 0.545 e. The second-order valence-corrected chi connectivity index (χ2v) is 1.18. The van der Waals surface area contributed by atoms with Crippen LogP contribution < -0.4 is 5.11 Å². The van der Waals surface area contributed by atoms with E-state index in [1.165, 1.54) is 0 Å². The Hall–Kier alpha value is -0.801. The van der Waals surface area contributed by atoms with E-state index in [4.69, 9.17) is 0 Å². The molecule has 10 heavy (non-hydrogen) atoms. The van der Waals surface area contributed by atoms with Crippen molar-refractivity contribution in [3.8, 4) is 0 Å². The molecule has 0 aliphatic carbocycles. The van der Waals surface area contributed by atoms with E-state index in [9.17, 15) is 14.7 Å².